The minimum absolute atomic E-state index is 0.385. The second-order valence-corrected chi connectivity index (χ2v) is 5.58. The first-order chi connectivity index (χ1) is 6.18. The van der Waals surface area contributed by atoms with Gasteiger partial charge in [-0.15, -0.1) is 0 Å². The Morgan fingerprint density at radius 1 is 1.54 bits per heavy atom. The standard InChI is InChI=1S/C9H8BrIN2/c1-6(11)13-9-3-2-8(10)4-7(9)5-12-13/h2-6H,1H3. The fourth-order valence-electron chi connectivity index (χ4n) is 1.31. The van der Waals surface area contributed by atoms with Crippen molar-refractivity contribution in [1.29, 1.82) is 0 Å². The van der Waals surface area contributed by atoms with E-state index in [-0.39, 0.29) is 0 Å². The smallest absolute Gasteiger partial charge is 0.101 e. The Hall–Kier alpha value is -0.100. The first kappa shape index (κ1) is 9.45. The summed E-state index contributed by atoms with van der Waals surface area (Å²) in [5.41, 5.74) is 1.19. The van der Waals surface area contributed by atoms with Crippen molar-refractivity contribution in [2.24, 2.45) is 0 Å². The number of rotatable bonds is 1. The molecular formula is C9H8BrIN2. The molecule has 0 aliphatic heterocycles. The summed E-state index contributed by atoms with van der Waals surface area (Å²) in [7, 11) is 0. The van der Waals surface area contributed by atoms with Gasteiger partial charge in [0.25, 0.3) is 0 Å². The van der Waals surface area contributed by atoms with E-state index in [1.54, 1.807) is 0 Å². The molecule has 0 saturated heterocycles. The van der Waals surface area contributed by atoms with Gasteiger partial charge in [-0.2, -0.15) is 5.10 Å². The van der Waals surface area contributed by atoms with Gasteiger partial charge in [-0.3, -0.25) is 4.68 Å². The third-order valence-corrected chi connectivity index (χ3v) is 2.92. The van der Waals surface area contributed by atoms with Crippen LogP contribution in [-0.2, 0) is 0 Å². The molecule has 0 spiro atoms. The zero-order valence-electron chi connectivity index (χ0n) is 7.04. The number of aromatic nitrogens is 2. The zero-order chi connectivity index (χ0) is 9.42. The predicted octanol–water partition coefficient (Wildman–Crippen LogP) is 3.75. The van der Waals surface area contributed by atoms with E-state index in [1.165, 1.54) is 10.9 Å². The van der Waals surface area contributed by atoms with Crippen molar-refractivity contribution in [2.45, 2.75) is 11.0 Å². The minimum Gasteiger partial charge on any atom is -0.252 e. The fourth-order valence-corrected chi connectivity index (χ4v) is 2.13. The number of halogens is 2. The van der Waals surface area contributed by atoms with E-state index in [0.29, 0.717) is 4.05 Å². The summed E-state index contributed by atoms with van der Waals surface area (Å²) >= 11 is 5.79. The van der Waals surface area contributed by atoms with Crippen molar-refractivity contribution < 1.29 is 0 Å². The Morgan fingerprint density at radius 2 is 2.31 bits per heavy atom. The van der Waals surface area contributed by atoms with Gasteiger partial charge < -0.3 is 0 Å². The average molecular weight is 351 g/mol. The van der Waals surface area contributed by atoms with Gasteiger partial charge in [-0.05, 0) is 25.1 Å². The first-order valence-electron chi connectivity index (χ1n) is 3.95. The molecule has 1 aromatic heterocycles. The van der Waals surface area contributed by atoms with Crippen LogP contribution in [0.4, 0.5) is 0 Å². The van der Waals surface area contributed by atoms with Gasteiger partial charge >= 0.3 is 0 Å². The van der Waals surface area contributed by atoms with Gasteiger partial charge in [0.2, 0.25) is 0 Å². The van der Waals surface area contributed by atoms with E-state index < -0.39 is 0 Å². The zero-order valence-corrected chi connectivity index (χ0v) is 10.8. The number of nitrogens with zero attached hydrogens (tertiary/aromatic N) is 2. The van der Waals surface area contributed by atoms with Crippen LogP contribution in [0.1, 0.15) is 11.0 Å². The van der Waals surface area contributed by atoms with Crippen LogP contribution in [0.5, 0.6) is 0 Å². The summed E-state index contributed by atoms with van der Waals surface area (Å²) in [6.07, 6.45) is 1.90. The lowest BCUT2D eigenvalue weighted by Crippen LogP contribution is -1.98. The third kappa shape index (κ3) is 1.74. The molecule has 13 heavy (non-hydrogen) atoms. The van der Waals surface area contributed by atoms with Gasteiger partial charge in [0.05, 0.1) is 11.7 Å². The lowest BCUT2D eigenvalue weighted by atomic mass is 10.3. The summed E-state index contributed by atoms with van der Waals surface area (Å²) < 4.78 is 3.50. The molecule has 2 rings (SSSR count). The third-order valence-electron chi connectivity index (χ3n) is 1.89. The van der Waals surface area contributed by atoms with Crippen molar-refractivity contribution in [2.75, 3.05) is 0 Å². The second kappa shape index (κ2) is 3.57. The summed E-state index contributed by atoms with van der Waals surface area (Å²) in [5.74, 6) is 0. The van der Waals surface area contributed by atoms with Crippen molar-refractivity contribution in [1.82, 2.24) is 9.78 Å². The molecule has 0 fully saturated rings. The molecule has 0 N–H and O–H groups in total. The molecular weight excluding hydrogens is 343 g/mol. The molecule has 4 heteroatoms. The van der Waals surface area contributed by atoms with Crippen molar-refractivity contribution in [3.8, 4) is 0 Å². The van der Waals surface area contributed by atoms with Gasteiger partial charge in [-0.1, -0.05) is 38.5 Å². The summed E-state index contributed by atoms with van der Waals surface area (Å²) in [6.45, 7) is 2.12. The van der Waals surface area contributed by atoms with Gasteiger partial charge in [-0.25, -0.2) is 0 Å². The Morgan fingerprint density at radius 3 is 3.00 bits per heavy atom. The van der Waals surface area contributed by atoms with Crippen LogP contribution in [0.25, 0.3) is 10.9 Å². The number of hydrogen-bond acceptors (Lipinski definition) is 1. The quantitative estimate of drug-likeness (QED) is 0.565. The Bertz CT molecular complexity index is 436. The fraction of sp³-hybridized carbons (Fsp3) is 0.222. The molecule has 0 bridgehead atoms. The molecule has 0 aliphatic rings. The topological polar surface area (TPSA) is 17.8 Å². The first-order valence-corrected chi connectivity index (χ1v) is 5.99. The van der Waals surface area contributed by atoms with E-state index in [2.05, 4.69) is 62.7 Å². The normalized spacial score (nSPS) is 13.5. The molecule has 1 heterocycles. The van der Waals surface area contributed by atoms with Crippen molar-refractivity contribution in [3.05, 3.63) is 28.9 Å². The van der Waals surface area contributed by atoms with Crippen LogP contribution in [-0.4, -0.2) is 9.78 Å². The largest absolute Gasteiger partial charge is 0.252 e. The molecule has 1 atom stereocenters. The van der Waals surface area contributed by atoms with Crippen LogP contribution in [0.2, 0.25) is 0 Å². The molecule has 68 valence electrons. The van der Waals surface area contributed by atoms with Crippen LogP contribution >= 0.6 is 38.5 Å². The molecule has 0 amide bonds. The average Bonchev–Trinajstić information content (AvgIpc) is 2.46. The van der Waals surface area contributed by atoms with Crippen LogP contribution in [0.3, 0.4) is 0 Å². The van der Waals surface area contributed by atoms with E-state index in [0.717, 1.165) is 4.47 Å². The van der Waals surface area contributed by atoms with E-state index >= 15 is 0 Å². The van der Waals surface area contributed by atoms with Gasteiger partial charge in [0.1, 0.15) is 4.05 Å². The van der Waals surface area contributed by atoms with Gasteiger partial charge in [0.15, 0.2) is 0 Å². The summed E-state index contributed by atoms with van der Waals surface area (Å²) in [4.78, 5) is 0. The molecule has 0 aliphatic carbocycles. The van der Waals surface area contributed by atoms with Crippen LogP contribution < -0.4 is 0 Å². The number of fused-ring (bicyclic) bond motifs is 1. The lowest BCUT2D eigenvalue weighted by molar-refractivity contribution is 0.689. The Balaban J connectivity index is 2.69. The number of hydrogen-bond donors (Lipinski definition) is 0. The maximum atomic E-state index is 4.32. The molecule has 0 saturated carbocycles. The van der Waals surface area contributed by atoms with Crippen LogP contribution in [0.15, 0.2) is 28.9 Å². The van der Waals surface area contributed by atoms with Crippen molar-refractivity contribution in [3.63, 3.8) is 0 Å². The highest BCUT2D eigenvalue weighted by Gasteiger charge is 2.05. The molecule has 1 aromatic carbocycles. The molecule has 2 aromatic rings. The Kier molecular flexibility index (Phi) is 2.60. The SMILES string of the molecule is CC(I)n1ncc2cc(Br)ccc21. The monoisotopic (exact) mass is 350 g/mol. The van der Waals surface area contributed by atoms with E-state index in [1.807, 2.05) is 16.9 Å². The van der Waals surface area contributed by atoms with E-state index in [4.69, 9.17) is 0 Å². The van der Waals surface area contributed by atoms with Crippen molar-refractivity contribution >= 4 is 49.4 Å². The maximum Gasteiger partial charge on any atom is 0.101 e. The second-order valence-electron chi connectivity index (χ2n) is 2.87. The summed E-state index contributed by atoms with van der Waals surface area (Å²) in [6, 6.07) is 6.21. The Labute approximate surface area is 98.6 Å². The van der Waals surface area contributed by atoms with E-state index in [9.17, 15) is 0 Å². The highest BCUT2D eigenvalue weighted by molar-refractivity contribution is 14.1. The highest BCUT2D eigenvalue weighted by Crippen LogP contribution is 2.24. The number of benzene rings is 1. The maximum absolute atomic E-state index is 4.32. The number of alkyl halides is 1. The lowest BCUT2D eigenvalue weighted by Gasteiger charge is -2.04. The van der Waals surface area contributed by atoms with Crippen LogP contribution in [0, 0.1) is 0 Å². The highest BCUT2D eigenvalue weighted by atomic mass is 127. The molecule has 1 unspecified atom stereocenters. The molecule has 2 nitrogen and oxygen atoms in total. The predicted molar refractivity (Wildman–Crippen MR) is 66.2 cm³/mol. The van der Waals surface area contributed by atoms with Gasteiger partial charge in [0, 0.05) is 9.86 Å². The molecule has 0 radical (unpaired) electrons. The minimum atomic E-state index is 0.385. The summed E-state index contributed by atoms with van der Waals surface area (Å²) in [5, 5.41) is 5.50.